The molecule has 5 heteroatoms. The number of hydrogen-bond acceptors (Lipinski definition) is 1. The number of halogens is 4. The highest BCUT2D eigenvalue weighted by atomic mass is 35.5. The van der Waals surface area contributed by atoms with Crippen LogP contribution in [0.3, 0.4) is 0 Å². The lowest BCUT2D eigenvalue weighted by Crippen LogP contribution is -2.06. The quantitative estimate of drug-likeness (QED) is 0.751. The minimum absolute atomic E-state index is 0.00689. The van der Waals surface area contributed by atoms with Crippen LogP contribution >= 0.6 is 23.2 Å². The van der Waals surface area contributed by atoms with E-state index >= 15 is 0 Å². The molecule has 0 fully saturated rings. The van der Waals surface area contributed by atoms with Gasteiger partial charge >= 0.3 is 0 Å². The Morgan fingerprint density at radius 1 is 1.05 bits per heavy atom. The molecule has 0 saturated heterocycles. The van der Waals surface area contributed by atoms with Crippen molar-refractivity contribution < 1.29 is 13.6 Å². The van der Waals surface area contributed by atoms with Crippen LogP contribution in [0.5, 0.6) is 0 Å². The van der Waals surface area contributed by atoms with E-state index in [2.05, 4.69) is 0 Å². The molecule has 19 heavy (non-hydrogen) atoms. The number of rotatable bonds is 3. The maximum absolute atomic E-state index is 13.7. The van der Waals surface area contributed by atoms with Gasteiger partial charge < -0.3 is 0 Å². The molecule has 0 spiro atoms. The maximum atomic E-state index is 13.7. The summed E-state index contributed by atoms with van der Waals surface area (Å²) >= 11 is 11.4. The largest absolute Gasteiger partial charge is 0.294 e. The van der Waals surface area contributed by atoms with Crippen LogP contribution in [0.1, 0.15) is 15.9 Å². The van der Waals surface area contributed by atoms with Gasteiger partial charge in [0.2, 0.25) is 0 Å². The van der Waals surface area contributed by atoms with E-state index in [9.17, 15) is 13.6 Å². The molecule has 0 radical (unpaired) electrons. The van der Waals surface area contributed by atoms with Crippen LogP contribution in [0.2, 0.25) is 10.0 Å². The van der Waals surface area contributed by atoms with Crippen LogP contribution in [0, 0.1) is 11.6 Å². The van der Waals surface area contributed by atoms with E-state index in [1.54, 1.807) is 6.07 Å². The van der Waals surface area contributed by atoms with E-state index in [4.69, 9.17) is 23.2 Å². The fourth-order valence-electron chi connectivity index (χ4n) is 1.67. The lowest BCUT2D eigenvalue weighted by molar-refractivity contribution is 0.0992. The first-order chi connectivity index (χ1) is 8.99. The molecule has 0 aromatic heterocycles. The molecule has 2 rings (SSSR count). The lowest BCUT2D eigenvalue weighted by Gasteiger charge is -2.06. The molecule has 0 unspecified atom stereocenters. The number of ketones is 1. The Morgan fingerprint density at radius 2 is 1.79 bits per heavy atom. The fraction of sp³-hybridized carbons (Fsp3) is 0.0714. The summed E-state index contributed by atoms with van der Waals surface area (Å²) in [5.41, 5.74) is 0.334. The second kappa shape index (κ2) is 5.68. The summed E-state index contributed by atoms with van der Waals surface area (Å²) in [5.74, 6) is -1.56. The maximum Gasteiger partial charge on any atom is 0.168 e. The van der Waals surface area contributed by atoms with E-state index in [1.807, 2.05) is 0 Å². The number of carbonyl (C=O) groups is 1. The first-order valence-electron chi connectivity index (χ1n) is 5.40. The van der Waals surface area contributed by atoms with Crippen molar-refractivity contribution in [3.63, 3.8) is 0 Å². The Hall–Kier alpha value is -1.45. The molecular weight excluding hydrogens is 293 g/mol. The van der Waals surface area contributed by atoms with Gasteiger partial charge in [-0.15, -0.1) is 0 Å². The SMILES string of the molecule is O=C(Cc1cccc(Cl)c1F)c1ccc(F)cc1Cl. The zero-order valence-corrected chi connectivity index (χ0v) is 11.1. The highest BCUT2D eigenvalue weighted by Gasteiger charge is 2.15. The number of Topliss-reactive ketones (excluding diaryl/α,β-unsaturated/α-hetero) is 1. The van der Waals surface area contributed by atoms with E-state index in [0.29, 0.717) is 0 Å². The highest BCUT2D eigenvalue weighted by molar-refractivity contribution is 6.34. The molecule has 0 aliphatic rings. The molecule has 0 aliphatic carbocycles. The minimum Gasteiger partial charge on any atom is -0.294 e. The zero-order valence-electron chi connectivity index (χ0n) is 9.59. The van der Waals surface area contributed by atoms with Gasteiger partial charge in [-0.05, 0) is 29.8 Å². The molecule has 0 N–H and O–H groups in total. The Kier molecular flexibility index (Phi) is 4.17. The highest BCUT2D eigenvalue weighted by Crippen LogP contribution is 2.22. The van der Waals surface area contributed by atoms with E-state index in [1.165, 1.54) is 18.2 Å². The van der Waals surface area contributed by atoms with Crippen LogP contribution in [0.15, 0.2) is 36.4 Å². The minimum atomic E-state index is -0.629. The molecule has 0 atom stereocenters. The van der Waals surface area contributed by atoms with Crippen molar-refractivity contribution in [2.24, 2.45) is 0 Å². The molecule has 2 aromatic carbocycles. The summed E-state index contributed by atoms with van der Waals surface area (Å²) in [6.45, 7) is 0. The predicted molar refractivity (Wildman–Crippen MR) is 70.9 cm³/mol. The van der Waals surface area contributed by atoms with Crippen molar-refractivity contribution in [2.75, 3.05) is 0 Å². The zero-order chi connectivity index (χ0) is 14.0. The lowest BCUT2D eigenvalue weighted by atomic mass is 10.0. The number of carbonyl (C=O) groups excluding carboxylic acids is 1. The van der Waals surface area contributed by atoms with E-state index in [0.717, 1.165) is 12.1 Å². The fourth-order valence-corrected chi connectivity index (χ4v) is 2.14. The molecule has 0 amide bonds. The Bertz CT molecular complexity index is 641. The van der Waals surface area contributed by atoms with Crippen molar-refractivity contribution in [1.82, 2.24) is 0 Å². The Morgan fingerprint density at radius 3 is 2.47 bits per heavy atom. The third kappa shape index (κ3) is 3.11. The second-order valence-electron chi connectivity index (χ2n) is 3.94. The molecule has 0 bridgehead atoms. The standard InChI is InChI=1S/C14H8Cl2F2O/c15-11-3-1-2-8(14(11)18)6-13(19)10-5-4-9(17)7-12(10)16/h1-5,7H,6H2. The summed E-state index contributed by atoms with van der Waals surface area (Å²) in [5, 5.41) is -0.0389. The van der Waals surface area contributed by atoms with E-state index < -0.39 is 17.4 Å². The van der Waals surface area contributed by atoms with Gasteiger partial charge in [-0.1, -0.05) is 35.3 Å². The van der Waals surface area contributed by atoms with Crippen LogP contribution < -0.4 is 0 Å². The summed E-state index contributed by atoms with van der Waals surface area (Å²) in [6, 6.07) is 7.88. The first kappa shape index (κ1) is 14.0. The van der Waals surface area contributed by atoms with Gasteiger partial charge in [-0.25, -0.2) is 8.78 Å². The van der Waals surface area contributed by atoms with Gasteiger partial charge in [0, 0.05) is 12.0 Å². The van der Waals surface area contributed by atoms with Crippen molar-refractivity contribution in [3.8, 4) is 0 Å². The summed E-state index contributed by atoms with van der Waals surface area (Å²) < 4.78 is 26.5. The van der Waals surface area contributed by atoms with Gasteiger partial charge in [0.25, 0.3) is 0 Å². The molecule has 98 valence electrons. The third-order valence-corrected chi connectivity index (χ3v) is 3.22. The summed E-state index contributed by atoms with van der Waals surface area (Å²) in [6.07, 6.45) is -0.183. The molecule has 2 aromatic rings. The smallest absolute Gasteiger partial charge is 0.168 e. The average molecular weight is 301 g/mol. The van der Waals surface area contributed by atoms with Crippen LogP contribution in [-0.2, 0) is 6.42 Å². The van der Waals surface area contributed by atoms with Gasteiger partial charge in [-0.2, -0.15) is 0 Å². The van der Waals surface area contributed by atoms with Gasteiger partial charge in [0.1, 0.15) is 11.6 Å². The van der Waals surface area contributed by atoms with E-state index in [-0.39, 0.29) is 27.6 Å². The second-order valence-corrected chi connectivity index (χ2v) is 4.75. The van der Waals surface area contributed by atoms with Crippen molar-refractivity contribution >= 4 is 29.0 Å². The summed E-state index contributed by atoms with van der Waals surface area (Å²) in [7, 11) is 0. The number of benzene rings is 2. The molecule has 0 heterocycles. The normalized spacial score (nSPS) is 10.5. The molecule has 0 aliphatic heterocycles. The van der Waals surface area contributed by atoms with Crippen LogP contribution in [-0.4, -0.2) is 5.78 Å². The topological polar surface area (TPSA) is 17.1 Å². The first-order valence-corrected chi connectivity index (χ1v) is 6.16. The Balaban J connectivity index is 2.28. The van der Waals surface area contributed by atoms with Gasteiger partial charge in [0.15, 0.2) is 5.78 Å². The van der Waals surface area contributed by atoms with Gasteiger partial charge in [-0.3, -0.25) is 4.79 Å². The van der Waals surface area contributed by atoms with Crippen LogP contribution in [0.4, 0.5) is 8.78 Å². The van der Waals surface area contributed by atoms with Crippen molar-refractivity contribution in [1.29, 1.82) is 0 Å². The molecule has 1 nitrogen and oxygen atoms in total. The number of hydrogen-bond donors (Lipinski definition) is 0. The summed E-state index contributed by atoms with van der Waals surface area (Å²) in [4.78, 5) is 12.0. The molecule has 0 saturated carbocycles. The predicted octanol–water partition coefficient (Wildman–Crippen LogP) is 4.70. The van der Waals surface area contributed by atoms with Crippen LogP contribution in [0.25, 0.3) is 0 Å². The monoisotopic (exact) mass is 300 g/mol. The van der Waals surface area contributed by atoms with Gasteiger partial charge in [0.05, 0.1) is 10.0 Å². The Labute approximate surface area is 118 Å². The van der Waals surface area contributed by atoms with Crippen molar-refractivity contribution in [3.05, 3.63) is 69.2 Å². The third-order valence-electron chi connectivity index (χ3n) is 2.61. The molecular formula is C14H8Cl2F2O. The van der Waals surface area contributed by atoms with Crippen molar-refractivity contribution in [2.45, 2.75) is 6.42 Å². The average Bonchev–Trinajstić information content (AvgIpc) is 2.34.